The van der Waals surface area contributed by atoms with Crippen LogP contribution < -0.4 is 17.7 Å². The minimum absolute atomic E-state index is 0. The molecule has 0 bridgehead atoms. The van der Waals surface area contributed by atoms with Crippen molar-refractivity contribution in [1.82, 2.24) is 5.32 Å². The molecular weight excluding hydrogens is 328 g/mol. The first-order valence-corrected chi connectivity index (χ1v) is 8.71. The van der Waals surface area contributed by atoms with Crippen molar-refractivity contribution >= 4 is 10.8 Å². The molecule has 1 aliphatic heterocycles. The zero-order chi connectivity index (χ0) is 16.6. The van der Waals surface area contributed by atoms with Crippen LogP contribution in [0, 0.1) is 0 Å². The predicted octanol–water partition coefficient (Wildman–Crippen LogP) is 1.31. The molecule has 3 aromatic carbocycles. The van der Waals surface area contributed by atoms with Crippen molar-refractivity contribution in [1.29, 1.82) is 0 Å². The zero-order valence-electron chi connectivity index (χ0n) is 14.8. The quantitative estimate of drug-likeness (QED) is 0.686. The number of rotatable bonds is 2. The van der Waals surface area contributed by atoms with Gasteiger partial charge in [0.1, 0.15) is 6.67 Å². The molecule has 25 heavy (non-hydrogen) atoms. The van der Waals surface area contributed by atoms with Crippen LogP contribution in [0.15, 0.2) is 72.8 Å². The highest BCUT2D eigenvalue weighted by atomic mass is 35.5. The van der Waals surface area contributed by atoms with Gasteiger partial charge in [-0.15, -0.1) is 0 Å². The summed E-state index contributed by atoms with van der Waals surface area (Å²) in [5.41, 5.74) is 2.82. The highest BCUT2D eigenvalue weighted by Crippen LogP contribution is 2.36. The van der Waals surface area contributed by atoms with E-state index >= 15 is 0 Å². The molecule has 2 atom stereocenters. The zero-order valence-corrected chi connectivity index (χ0v) is 15.6. The molecule has 4 rings (SSSR count). The molecule has 3 heteroatoms. The van der Waals surface area contributed by atoms with Crippen molar-refractivity contribution < 1.29 is 16.9 Å². The number of nitrogens with one attached hydrogen (secondary N) is 1. The summed E-state index contributed by atoms with van der Waals surface area (Å²) >= 11 is 0. The summed E-state index contributed by atoms with van der Waals surface area (Å²) in [5, 5.41) is 6.44. The molecule has 0 saturated carbocycles. The van der Waals surface area contributed by atoms with Gasteiger partial charge in [0.25, 0.3) is 0 Å². The molecule has 3 aromatic rings. The molecule has 0 aromatic heterocycles. The predicted molar refractivity (Wildman–Crippen MR) is 101 cm³/mol. The molecule has 1 heterocycles. The van der Waals surface area contributed by atoms with Gasteiger partial charge in [-0.05, 0) is 21.9 Å². The highest BCUT2D eigenvalue weighted by Gasteiger charge is 2.36. The Morgan fingerprint density at radius 3 is 2.24 bits per heavy atom. The summed E-state index contributed by atoms with van der Waals surface area (Å²) in [5.74, 6) is 0.473. The maximum Gasteiger partial charge on any atom is 0.132 e. The minimum atomic E-state index is 0. The molecule has 0 aliphatic carbocycles. The summed E-state index contributed by atoms with van der Waals surface area (Å²) in [7, 11) is 4.62. The number of benzene rings is 3. The fraction of sp³-hybridized carbons (Fsp3) is 0.273. The molecule has 1 fully saturated rings. The third-order valence-corrected chi connectivity index (χ3v) is 5.19. The summed E-state index contributed by atoms with van der Waals surface area (Å²) in [6.07, 6.45) is 0. The average molecular weight is 353 g/mol. The number of quaternary nitrogens is 1. The molecule has 130 valence electrons. The standard InChI is InChI=1S/C22H25N2.ClH/c1-24(2)15-21(22(23-16-24)18-9-4-3-5-10-18)20-13-12-17-8-6-7-11-19(17)14-20;/h3-14,21-23H,15-16H2,1-2H3;1H/q+1;/p-1. The fourth-order valence-electron chi connectivity index (χ4n) is 3.94. The minimum Gasteiger partial charge on any atom is -1.00 e. The Morgan fingerprint density at radius 2 is 1.48 bits per heavy atom. The van der Waals surface area contributed by atoms with Crippen molar-refractivity contribution in [2.75, 3.05) is 27.3 Å². The van der Waals surface area contributed by atoms with E-state index in [0.29, 0.717) is 12.0 Å². The van der Waals surface area contributed by atoms with Crippen molar-refractivity contribution in [3.05, 3.63) is 83.9 Å². The first kappa shape index (κ1) is 17.9. The van der Waals surface area contributed by atoms with Gasteiger partial charge in [-0.25, -0.2) is 0 Å². The maximum absolute atomic E-state index is 3.79. The van der Waals surface area contributed by atoms with Crippen molar-refractivity contribution in [2.45, 2.75) is 12.0 Å². The van der Waals surface area contributed by atoms with Crippen LogP contribution in [0.2, 0.25) is 0 Å². The van der Waals surface area contributed by atoms with Crippen LogP contribution in [-0.2, 0) is 0 Å². The summed E-state index contributed by atoms with van der Waals surface area (Å²) < 4.78 is 1.00. The Hall–Kier alpha value is -1.87. The number of halogens is 1. The average Bonchev–Trinajstić information content (AvgIpc) is 2.61. The molecule has 2 nitrogen and oxygen atoms in total. The lowest BCUT2D eigenvalue weighted by Gasteiger charge is -2.43. The summed E-state index contributed by atoms with van der Waals surface area (Å²) in [6, 6.07) is 26.8. The van der Waals surface area contributed by atoms with E-state index < -0.39 is 0 Å². The van der Waals surface area contributed by atoms with Gasteiger partial charge in [0.2, 0.25) is 0 Å². The van der Waals surface area contributed by atoms with Crippen LogP contribution in [0.5, 0.6) is 0 Å². The number of nitrogens with zero attached hydrogens (tertiary/aromatic N) is 1. The van der Waals surface area contributed by atoms with Gasteiger partial charge in [0.15, 0.2) is 0 Å². The lowest BCUT2D eigenvalue weighted by atomic mass is 9.84. The molecular formula is C22H25ClN2. The van der Waals surface area contributed by atoms with Gasteiger partial charge in [-0.1, -0.05) is 72.8 Å². The molecule has 1 saturated heterocycles. The van der Waals surface area contributed by atoms with Gasteiger partial charge in [-0.3, -0.25) is 5.32 Å². The van der Waals surface area contributed by atoms with E-state index in [-0.39, 0.29) is 12.4 Å². The van der Waals surface area contributed by atoms with E-state index in [1.807, 2.05) is 0 Å². The monoisotopic (exact) mass is 352 g/mol. The Bertz CT molecular complexity index is 845. The summed E-state index contributed by atoms with van der Waals surface area (Å²) in [6.45, 7) is 2.15. The Balaban J connectivity index is 0.00000182. The van der Waals surface area contributed by atoms with Gasteiger partial charge < -0.3 is 16.9 Å². The Morgan fingerprint density at radius 1 is 0.800 bits per heavy atom. The third-order valence-electron chi connectivity index (χ3n) is 5.19. The van der Waals surface area contributed by atoms with Crippen LogP contribution >= 0.6 is 0 Å². The second-order valence-electron chi connectivity index (χ2n) is 7.58. The second-order valence-corrected chi connectivity index (χ2v) is 7.58. The number of fused-ring (bicyclic) bond motifs is 1. The van der Waals surface area contributed by atoms with Crippen LogP contribution in [0.3, 0.4) is 0 Å². The summed E-state index contributed by atoms with van der Waals surface area (Å²) in [4.78, 5) is 0. The van der Waals surface area contributed by atoms with Gasteiger partial charge in [0.05, 0.1) is 26.6 Å². The number of likely N-dealkylation sites (N-methyl/N-ethyl adjacent to an activating group) is 1. The Labute approximate surface area is 156 Å². The SMILES string of the molecule is C[N+]1(C)CNC(c2ccccc2)C(c2ccc3ccccc3c2)C1.[Cl-]. The first-order valence-electron chi connectivity index (χ1n) is 8.71. The second kappa shape index (κ2) is 7.17. The van der Waals surface area contributed by atoms with Crippen LogP contribution in [0.4, 0.5) is 0 Å². The fourth-order valence-corrected chi connectivity index (χ4v) is 3.94. The molecule has 0 amide bonds. The van der Waals surface area contributed by atoms with Gasteiger partial charge in [0, 0.05) is 6.04 Å². The van der Waals surface area contributed by atoms with Crippen molar-refractivity contribution in [3.8, 4) is 0 Å². The van der Waals surface area contributed by atoms with E-state index in [0.717, 1.165) is 17.7 Å². The van der Waals surface area contributed by atoms with Crippen molar-refractivity contribution in [2.24, 2.45) is 0 Å². The highest BCUT2D eigenvalue weighted by molar-refractivity contribution is 5.83. The topological polar surface area (TPSA) is 12.0 Å². The van der Waals surface area contributed by atoms with Crippen molar-refractivity contribution in [3.63, 3.8) is 0 Å². The van der Waals surface area contributed by atoms with Gasteiger partial charge >= 0.3 is 0 Å². The van der Waals surface area contributed by atoms with Crippen LogP contribution in [0.25, 0.3) is 10.8 Å². The Kier molecular flexibility index (Phi) is 5.14. The largest absolute Gasteiger partial charge is 1.00 e. The lowest BCUT2D eigenvalue weighted by molar-refractivity contribution is -0.900. The van der Waals surface area contributed by atoms with E-state index in [4.69, 9.17) is 0 Å². The van der Waals surface area contributed by atoms with Gasteiger partial charge in [-0.2, -0.15) is 0 Å². The molecule has 0 spiro atoms. The lowest BCUT2D eigenvalue weighted by Crippen LogP contribution is -3.00. The number of hydrogen-bond donors (Lipinski definition) is 1. The smallest absolute Gasteiger partial charge is 0.132 e. The molecule has 0 radical (unpaired) electrons. The van der Waals surface area contributed by atoms with Crippen LogP contribution in [0.1, 0.15) is 23.1 Å². The van der Waals surface area contributed by atoms with E-state index in [2.05, 4.69) is 92.2 Å². The third kappa shape index (κ3) is 3.72. The molecule has 2 unspecified atom stereocenters. The normalized spacial score (nSPS) is 22.3. The van der Waals surface area contributed by atoms with E-state index in [1.165, 1.54) is 21.9 Å². The van der Waals surface area contributed by atoms with Crippen LogP contribution in [-0.4, -0.2) is 31.8 Å². The first-order chi connectivity index (χ1) is 11.6. The molecule has 1 N–H and O–H groups in total. The maximum atomic E-state index is 3.79. The molecule has 1 aliphatic rings. The van der Waals surface area contributed by atoms with E-state index in [1.54, 1.807) is 0 Å². The van der Waals surface area contributed by atoms with E-state index in [9.17, 15) is 0 Å². The number of hydrogen-bond acceptors (Lipinski definition) is 1.